The summed E-state index contributed by atoms with van der Waals surface area (Å²) in [6.45, 7) is 3.87. The molecule has 2 aromatic rings. The molecule has 29 heavy (non-hydrogen) atoms. The minimum atomic E-state index is -0.560. The van der Waals surface area contributed by atoms with Crippen LogP contribution in [0, 0.1) is 0 Å². The number of hydrogen-bond donors (Lipinski definition) is 0. The summed E-state index contributed by atoms with van der Waals surface area (Å²) in [5.41, 5.74) is 3.67. The van der Waals surface area contributed by atoms with Crippen molar-refractivity contribution < 1.29 is 19.1 Å². The Kier molecular flexibility index (Phi) is 5.87. The molecule has 1 heterocycles. The van der Waals surface area contributed by atoms with E-state index in [0.717, 1.165) is 22.7 Å². The first-order valence-corrected chi connectivity index (χ1v) is 9.40. The first-order valence-electron chi connectivity index (χ1n) is 9.40. The highest BCUT2D eigenvalue weighted by molar-refractivity contribution is 5.96. The summed E-state index contributed by atoms with van der Waals surface area (Å²) in [7, 11) is 3.54. The topological polar surface area (TPSA) is 55.8 Å². The van der Waals surface area contributed by atoms with Crippen LogP contribution in [-0.2, 0) is 19.7 Å². The Balaban J connectivity index is 1.60. The van der Waals surface area contributed by atoms with Crippen LogP contribution in [0.25, 0.3) is 6.08 Å². The number of benzene rings is 2. The molecule has 0 spiro atoms. The SMILES string of the molecule is COc1ccc(/C=C/C(=O)OCC(=O)/C=C2/N(C)c3ccccc3C2(C)C)cc1. The van der Waals surface area contributed by atoms with Crippen molar-refractivity contribution in [1.82, 2.24) is 0 Å². The standard InChI is InChI=1S/C24H25NO4/c1-24(2)20-7-5-6-8-21(20)25(3)22(24)15-18(26)16-29-23(27)14-11-17-9-12-19(28-4)13-10-17/h5-15H,16H2,1-4H3/b14-11+,22-15+. The summed E-state index contributed by atoms with van der Waals surface area (Å²) in [6.07, 6.45) is 4.51. The molecule has 0 aromatic heterocycles. The Labute approximate surface area is 171 Å². The highest BCUT2D eigenvalue weighted by Crippen LogP contribution is 2.46. The largest absolute Gasteiger partial charge is 0.497 e. The van der Waals surface area contributed by atoms with Gasteiger partial charge in [-0.1, -0.05) is 44.2 Å². The fourth-order valence-corrected chi connectivity index (χ4v) is 3.52. The van der Waals surface area contributed by atoms with Gasteiger partial charge in [0, 0.05) is 36.0 Å². The van der Waals surface area contributed by atoms with E-state index in [1.165, 1.54) is 11.6 Å². The summed E-state index contributed by atoms with van der Waals surface area (Å²) in [5, 5.41) is 0. The van der Waals surface area contributed by atoms with Crippen LogP contribution in [0.15, 0.2) is 66.4 Å². The summed E-state index contributed by atoms with van der Waals surface area (Å²) < 4.78 is 10.2. The molecule has 0 aliphatic carbocycles. The molecule has 0 N–H and O–H groups in total. The van der Waals surface area contributed by atoms with Crippen LogP contribution in [0.4, 0.5) is 5.69 Å². The molecule has 0 amide bonds. The third-order valence-corrected chi connectivity index (χ3v) is 5.12. The van der Waals surface area contributed by atoms with Gasteiger partial charge in [0.2, 0.25) is 0 Å². The van der Waals surface area contributed by atoms with Crippen LogP contribution in [0.5, 0.6) is 5.75 Å². The van der Waals surface area contributed by atoms with E-state index in [1.807, 2.05) is 42.3 Å². The highest BCUT2D eigenvalue weighted by atomic mass is 16.5. The summed E-state index contributed by atoms with van der Waals surface area (Å²) in [4.78, 5) is 26.4. The van der Waals surface area contributed by atoms with Gasteiger partial charge >= 0.3 is 5.97 Å². The van der Waals surface area contributed by atoms with E-state index in [2.05, 4.69) is 19.9 Å². The molecule has 0 saturated heterocycles. The molecule has 150 valence electrons. The average molecular weight is 391 g/mol. The number of likely N-dealkylation sites (N-methyl/N-ethyl adjacent to an activating group) is 1. The van der Waals surface area contributed by atoms with Gasteiger partial charge in [-0.25, -0.2) is 4.79 Å². The van der Waals surface area contributed by atoms with Gasteiger partial charge in [0.25, 0.3) is 0 Å². The van der Waals surface area contributed by atoms with E-state index in [1.54, 1.807) is 31.4 Å². The number of ketones is 1. The quantitative estimate of drug-likeness (QED) is 0.547. The van der Waals surface area contributed by atoms with Crippen molar-refractivity contribution in [2.75, 3.05) is 25.7 Å². The molecule has 2 aromatic carbocycles. The first-order chi connectivity index (χ1) is 13.8. The predicted molar refractivity (Wildman–Crippen MR) is 114 cm³/mol. The van der Waals surface area contributed by atoms with Gasteiger partial charge in [0.15, 0.2) is 12.4 Å². The Hall–Kier alpha value is -3.34. The number of esters is 1. The number of allylic oxidation sites excluding steroid dienone is 1. The molecule has 0 unspecified atom stereocenters. The average Bonchev–Trinajstić information content (AvgIpc) is 2.92. The van der Waals surface area contributed by atoms with Gasteiger partial charge in [-0.05, 0) is 35.4 Å². The molecule has 3 rings (SSSR count). The van der Waals surface area contributed by atoms with Gasteiger partial charge < -0.3 is 14.4 Å². The van der Waals surface area contributed by atoms with Crippen molar-refractivity contribution in [2.24, 2.45) is 0 Å². The van der Waals surface area contributed by atoms with Crippen molar-refractivity contribution in [1.29, 1.82) is 0 Å². The molecular weight excluding hydrogens is 366 g/mol. The Morgan fingerprint density at radius 3 is 2.41 bits per heavy atom. The molecule has 1 aliphatic heterocycles. The van der Waals surface area contributed by atoms with Crippen molar-refractivity contribution in [3.05, 3.63) is 77.5 Å². The monoisotopic (exact) mass is 391 g/mol. The zero-order valence-corrected chi connectivity index (χ0v) is 17.1. The van der Waals surface area contributed by atoms with Crippen LogP contribution < -0.4 is 9.64 Å². The Morgan fingerprint density at radius 2 is 1.76 bits per heavy atom. The second kappa shape index (κ2) is 8.35. The molecule has 5 nitrogen and oxygen atoms in total. The number of ether oxygens (including phenoxy) is 2. The lowest BCUT2D eigenvalue weighted by Crippen LogP contribution is -2.25. The number of anilines is 1. The van der Waals surface area contributed by atoms with Gasteiger partial charge in [0.05, 0.1) is 7.11 Å². The molecule has 0 atom stereocenters. The Bertz CT molecular complexity index is 971. The lowest BCUT2D eigenvalue weighted by atomic mass is 9.83. The smallest absolute Gasteiger partial charge is 0.331 e. The van der Waals surface area contributed by atoms with Crippen LogP contribution in [0.2, 0.25) is 0 Å². The molecule has 0 radical (unpaired) electrons. The normalized spacial score (nSPS) is 16.1. The zero-order chi connectivity index (χ0) is 21.0. The number of rotatable bonds is 6. The molecule has 0 saturated carbocycles. The maximum atomic E-state index is 12.4. The van der Waals surface area contributed by atoms with Crippen LogP contribution in [0.3, 0.4) is 0 Å². The fraction of sp³-hybridized carbons (Fsp3) is 0.250. The highest BCUT2D eigenvalue weighted by Gasteiger charge is 2.38. The molecule has 0 bridgehead atoms. The van der Waals surface area contributed by atoms with E-state index in [4.69, 9.17) is 9.47 Å². The molecule has 5 heteroatoms. The minimum absolute atomic E-state index is 0.251. The second-order valence-corrected chi connectivity index (χ2v) is 7.41. The number of methoxy groups -OCH3 is 1. The molecular formula is C24H25NO4. The zero-order valence-electron chi connectivity index (χ0n) is 17.1. The second-order valence-electron chi connectivity index (χ2n) is 7.41. The first kappa shape index (κ1) is 20.4. The van der Waals surface area contributed by atoms with Gasteiger partial charge in [-0.2, -0.15) is 0 Å². The Morgan fingerprint density at radius 1 is 1.07 bits per heavy atom. The van der Waals surface area contributed by atoms with Gasteiger partial charge in [0.1, 0.15) is 5.75 Å². The minimum Gasteiger partial charge on any atom is -0.497 e. The number of fused-ring (bicyclic) bond motifs is 1. The number of hydrogen-bond acceptors (Lipinski definition) is 5. The maximum absolute atomic E-state index is 12.4. The van der Waals surface area contributed by atoms with Crippen molar-refractivity contribution in [3.8, 4) is 5.75 Å². The van der Waals surface area contributed by atoms with Crippen molar-refractivity contribution in [2.45, 2.75) is 19.3 Å². The molecule has 1 aliphatic rings. The van der Waals surface area contributed by atoms with Gasteiger partial charge in [-0.3, -0.25) is 4.79 Å². The third kappa shape index (κ3) is 4.40. The van der Waals surface area contributed by atoms with Crippen molar-refractivity contribution >= 4 is 23.5 Å². The van der Waals surface area contributed by atoms with E-state index in [9.17, 15) is 9.59 Å². The van der Waals surface area contributed by atoms with E-state index in [-0.39, 0.29) is 17.8 Å². The predicted octanol–water partition coefficient (Wildman–Crippen LogP) is 4.13. The number of nitrogens with zero attached hydrogens (tertiary/aromatic N) is 1. The molecule has 0 fully saturated rings. The lowest BCUT2D eigenvalue weighted by molar-refractivity contribution is -0.141. The van der Waals surface area contributed by atoms with E-state index >= 15 is 0 Å². The van der Waals surface area contributed by atoms with Gasteiger partial charge in [-0.15, -0.1) is 0 Å². The fourth-order valence-electron chi connectivity index (χ4n) is 3.52. The maximum Gasteiger partial charge on any atom is 0.331 e. The van der Waals surface area contributed by atoms with Crippen molar-refractivity contribution in [3.63, 3.8) is 0 Å². The number of carbonyl (C=O) groups excluding carboxylic acids is 2. The summed E-state index contributed by atoms with van der Waals surface area (Å²) in [6, 6.07) is 15.3. The van der Waals surface area contributed by atoms with Crippen LogP contribution >= 0.6 is 0 Å². The van der Waals surface area contributed by atoms with Crippen LogP contribution in [-0.4, -0.2) is 32.5 Å². The lowest BCUT2D eigenvalue weighted by Gasteiger charge is -2.23. The van der Waals surface area contributed by atoms with Crippen LogP contribution in [0.1, 0.15) is 25.0 Å². The van der Waals surface area contributed by atoms with E-state index in [0.29, 0.717) is 0 Å². The summed E-state index contributed by atoms with van der Waals surface area (Å²) >= 11 is 0. The van der Waals surface area contributed by atoms with E-state index < -0.39 is 5.97 Å². The summed E-state index contributed by atoms with van der Waals surface area (Å²) in [5.74, 6) is -0.0702. The third-order valence-electron chi connectivity index (χ3n) is 5.12. The number of carbonyl (C=O) groups is 2. The number of para-hydroxylation sites is 1.